The molecule has 0 heterocycles. The van der Waals surface area contributed by atoms with E-state index in [2.05, 4.69) is 0 Å². The Hall–Kier alpha value is -3.66. The van der Waals surface area contributed by atoms with Crippen molar-refractivity contribution in [3.8, 4) is 33.8 Å². The van der Waals surface area contributed by atoms with Gasteiger partial charge < -0.3 is 10.2 Å². The monoisotopic (exact) mass is 370 g/mol. The standard InChI is InChI=1S/C24H18O4/c1-13-3-7-15(8-4-13)19-20(16-9-5-14(2)6-10-16)24(28)22-18(26)12-11-17(25)21(22)23(19)27/h3-12,27-28H,1-2H3. The molecule has 2 N–H and O–H groups in total. The van der Waals surface area contributed by atoms with Crippen molar-refractivity contribution in [2.45, 2.75) is 13.8 Å². The van der Waals surface area contributed by atoms with E-state index in [1.54, 1.807) is 0 Å². The van der Waals surface area contributed by atoms with Gasteiger partial charge in [-0.25, -0.2) is 0 Å². The molecule has 0 unspecified atom stereocenters. The van der Waals surface area contributed by atoms with Crippen molar-refractivity contribution in [1.29, 1.82) is 0 Å². The van der Waals surface area contributed by atoms with Gasteiger partial charge in [0.05, 0.1) is 11.1 Å². The zero-order chi connectivity index (χ0) is 20.0. The second kappa shape index (κ2) is 6.50. The van der Waals surface area contributed by atoms with Crippen LogP contribution in [0.4, 0.5) is 0 Å². The number of phenolic OH excluding ortho intramolecular Hbond substituents is 2. The summed E-state index contributed by atoms with van der Waals surface area (Å²) in [7, 11) is 0. The quantitative estimate of drug-likeness (QED) is 0.624. The molecule has 0 aromatic heterocycles. The van der Waals surface area contributed by atoms with Crippen LogP contribution < -0.4 is 0 Å². The first kappa shape index (κ1) is 17.7. The molecule has 4 heteroatoms. The summed E-state index contributed by atoms with van der Waals surface area (Å²) in [6.45, 7) is 3.89. The Morgan fingerprint density at radius 2 is 0.857 bits per heavy atom. The maximum absolute atomic E-state index is 12.4. The van der Waals surface area contributed by atoms with E-state index in [0.717, 1.165) is 23.3 Å². The number of carbonyl (C=O) groups excluding carboxylic acids is 2. The molecule has 0 saturated heterocycles. The van der Waals surface area contributed by atoms with Crippen LogP contribution in [0.1, 0.15) is 31.8 Å². The zero-order valence-corrected chi connectivity index (χ0v) is 15.5. The third-order valence-corrected chi connectivity index (χ3v) is 5.01. The lowest BCUT2D eigenvalue weighted by molar-refractivity contribution is 0.0989. The summed E-state index contributed by atoms with van der Waals surface area (Å²) < 4.78 is 0. The summed E-state index contributed by atoms with van der Waals surface area (Å²) in [6, 6.07) is 14.8. The molecule has 4 rings (SSSR count). The Balaban J connectivity index is 2.14. The van der Waals surface area contributed by atoms with E-state index < -0.39 is 11.6 Å². The average Bonchev–Trinajstić information content (AvgIpc) is 2.68. The summed E-state index contributed by atoms with van der Waals surface area (Å²) >= 11 is 0. The molecule has 138 valence electrons. The molecular formula is C24H18O4. The van der Waals surface area contributed by atoms with Crippen LogP contribution in [0, 0.1) is 13.8 Å². The Kier molecular flexibility index (Phi) is 4.12. The average molecular weight is 370 g/mol. The smallest absolute Gasteiger partial charge is 0.190 e. The zero-order valence-electron chi connectivity index (χ0n) is 15.5. The number of fused-ring (bicyclic) bond motifs is 1. The van der Waals surface area contributed by atoms with Gasteiger partial charge in [0.1, 0.15) is 11.5 Å². The van der Waals surface area contributed by atoms with E-state index in [0.29, 0.717) is 22.3 Å². The molecule has 4 nitrogen and oxygen atoms in total. The van der Waals surface area contributed by atoms with Crippen LogP contribution in [0.3, 0.4) is 0 Å². The summed E-state index contributed by atoms with van der Waals surface area (Å²) in [5, 5.41) is 22.1. The van der Waals surface area contributed by atoms with Gasteiger partial charge in [-0.15, -0.1) is 0 Å². The fourth-order valence-corrected chi connectivity index (χ4v) is 3.52. The van der Waals surface area contributed by atoms with Crippen molar-refractivity contribution in [3.05, 3.63) is 82.9 Å². The van der Waals surface area contributed by atoms with Crippen molar-refractivity contribution in [3.63, 3.8) is 0 Å². The third-order valence-electron chi connectivity index (χ3n) is 5.01. The van der Waals surface area contributed by atoms with Gasteiger partial charge in [0.15, 0.2) is 11.6 Å². The topological polar surface area (TPSA) is 74.6 Å². The molecule has 1 aliphatic carbocycles. The van der Waals surface area contributed by atoms with E-state index >= 15 is 0 Å². The van der Waals surface area contributed by atoms with Gasteiger partial charge in [0.25, 0.3) is 0 Å². The van der Waals surface area contributed by atoms with Crippen molar-refractivity contribution in [2.24, 2.45) is 0 Å². The molecule has 0 fully saturated rings. The van der Waals surface area contributed by atoms with Crippen LogP contribution in [0.2, 0.25) is 0 Å². The normalized spacial score (nSPS) is 12.9. The number of benzene rings is 3. The number of aryl methyl sites for hydroxylation is 2. The van der Waals surface area contributed by atoms with E-state index in [1.807, 2.05) is 62.4 Å². The number of allylic oxidation sites excluding steroid dienone is 2. The number of carbonyl (C=O) groups is 2. The fraction of sp³-hybridized carbons (Fsp3) is 0.0833. The highest BCUT2D eigenvalue weighted by Gasteiger charge is 2.32. The molecule has 0 radical (unpaired) electrons. The number of aromatic hydroxyl groups is 2. The van der Waals surface area contributed by atoms with Crippen LogP contribution in [0.15, 0.2) is 60.7 Å². The number of hydrogen-bond donors (Lipinski definition) is 2. The predicted molar refractivity (Wildman–Crippen MR) is 108 cm³/mol. The molecule has 3 aromatic rings. The lowest BCUT2D eigenvalue weighted by Gasteiger charge is -2.21. The number of hydrogen-bond acceptors (Lipinski definition) is 4. The predicted octanol–water partition coefficient (Wildman–Crippen LogP) is 4.98. The first-order chi connectivity index (χ1) is 13.4. The van der Waals surface area contributed by atoms with E-state index in [9.17, 15) is 19.8 Å². The summed E-state index contributed by atoms with van der Waals surface area (Å²) in [5.41, 5.74) is 3.71. The van der Waals surface area contributed by atoms with Crippen molar-refractivity contribution in [2.75, 3.05) is 0 Å². The highest BCUT2D eigenvalue weighted by Crippen LogP contribution is 2.49. The maximum atomic E-state index is 12.4. The van der Waals surface area contributed by atoms with Gasteiger partial charge >= 0.3 is 0 Å². The number of ketones is 2. The lowest BCUT2D eigenvalue weighted by Crippen LogP contribution is -2.13. The van der Waals surface area contributed by atoms with Crippen LogP contribution in [0.25, 0.3) is 22.3 Å². The lowest BCUT2D eigenvalue weighted by atomic mass is 9.83. The van der Waals surface area contributed by atoms with Crippen molar-refractivity contribution >= 4 is 11.6 Å². The Morgan fingerprint density at radius 1 is 0.536 bits per heavy atom. The summed E-state index contributed by atoms with van der Waals surface area (Å²) in [6.07, 6.45) is 2.24. The summed E-state index contributed by atoms with van der Waals surface area (Å²) in [4.78, 5) is 24.8. The summed E-state index contributed by atoms with van der Waals surface area (Å²) in [5.74, 6) is -1.61. The second-order valence-corrected chi connectivity index (χ2v) is 6.99. The second-order valence-electron chi connectivity index (χ2n) is 6.99. The van der Waals surface area contributed by atoms with Gasteiger partial charge in [0.2, 0.25) is 0 Å². The third kappa shape index (κ3) is 2.70. The molecule has 0 bridgehead atoms. The SMILES string of the molecule is Cc1ccc(-c2c(O)c3c(c(O)c2-c2ccc(C)cc2)C(=O)C=CC3=O)cc1. The molecule has 0 amide bonds. The maximum Gasteiger partial charge on any atom is 0.190 e. The Bertz CT molecular complexity index is 1060. The minimum atomic E-state index is -0.508. The molecule has 3 aromatic carbocycles. The fourth-order valence-electron chi connectivity index (χ4n) is 3.52. The van der Waals surface area contributed by atoms with Gasteiger partial charge in [-0.2, -0.15) is 0 Å². The largest absolute Gasteiger partial charge is 0.506 e. The van der Waals surface area contributed by atoms with Gasteiger partial charge in [-0.05, 0) is 37.1 Å². The van der Waals surface area contributed by atoms with Crippen LogP contribution in [-0.2, 0) is 0 Å². The molecule has 1 aliphatic rings. The molecule has 0 saturated carbocycles. The van der Waals surface area contributed by atoms with E-state index in [4.69, 9.17) is 0 Å². The van der Waals surface area contributed by atoms with Crippen molar-refractivity contribution < 1.29 is 19.8 Å². The van der Waals surface area contributed by atoms with E-state index in [1.165, 1.54) is 0 Å². The van der Waals surface area contributed by atoms with E-state index in [-0.39, 0.29) is 22.6 Å². The Labute approximate surface area is 162 Å². The van der Waals surface area contributed by atoms with Crippen LogP contribution in [-0.4, -0.2) is 21.8 Å². The minimum Gasteiger partial charge on any atom is -0.506 e. The molecule has 28 heavy (non-hydrogen) atoms. The molecule has 0 aliphatic heterocycles. The van der Waals surface area contributed by atoms with Crippen LogP contribution >= 0.6 is 0 Å². The molecule has 0 spiro atoms. The van der Waals surface area contributed by atoms with Gasteiger partial charge in [-0.1, -0.05) is 59.7 Å². The van der Waals surface area contributed by atoms with Gasteiger partial charge in [0, 0.05) is 11.1 Å². The molecular weight excluding hydrogens is 352 g/mol. The first-order valence-electron chi connectivity index (χ1n) is 8.91. The number of rotatable bonds is 2. The minimum absolute atomic E-state index is 0.156. The number of phenols is 2. The van der Waals surface area contributed by atoms with Gasteiger partial charge in [-0.3, -0.25) is 9.59 Å². The highest BCUT2D eigenvalue weighted by molar-refractivity contribution is 6.26. The van der Waals surface area contributed by atoms with Crippen LogP contribution in [0.5, 0.6) is 11.5 Å². The molecule has 0 atom stereocenters. The first-order valence-corrected chi connectivity index (χ1v) is 8.91. The highest BCUT2D eigenvalue weighted by atomic mass is 16.3. The van der Waals surface area contributed by atoms with Crippen molar-refractivity contribution in [1.82, 2.24) is 0 Å². The Morgan fingerprint density at radius 3 is 1.18 bits per heavy atom.